The summed E-state index contributed by atoms with van der Waals surface area (Å²) in [5.41, 5.74) is 1.36. The van der Waals surface area contributed by atoms with Crippen LogP contribution in [0.5, 0.6) is 17.2 Å². The number of carbonyl (C=O) groups excluding carboxylic acids is 1. The third-order valence-electron chi connectivity index (χ3n) is 2.08. The summed E-state index contributed by atoms with van der Waals surface area (Å²) in [4.78, 5) is 10.8. The molecule has 0 aromatic heterocycles. The molecule has 0 saturated heterocycles. The van der Waals surface area contributed by atoms with Gasteiger partial charge in [-0.05, 0) is 24.6 Å². The molecule has 92 valence electrons. The fourth-order valence-corrected chi connectivity index (χ4v) is 1.31. The van der Waals surface area contributed by atoms with Crippen LogP contribution < -0.4 is 14.2 Å². The number of ether oxygens (including phenoxy) is 3. The van der Waals surface area contributed by atoms with Crippen LogP contribution in [-0.2, 0) is 0 Å². The van der Waals surface area contributed by atoms with E-state index in [4.69, 9.17) is 14.2 Å². The Balaban J connectivity index is 3.14. The van der Waals surface area contributed by atoms with E-state index in [1.165, 1.54) is 14.2 Å². The van der Waals surface area contributed by atoms with Crippen molar-refractivity contribution in [3.8, 4) is 17.2 Å². The normalized spacial score (nSPS) is 9.59. The Hall–Kier alpha value is -1.97. The van der Waals surface area contributed by atoms with E-state index in [0.717, 1.165) is 11.9 Å². The molecule has 0 bridgehead atoms. The molecule has 0 amide bonds. The summed E-state index contributed by atoms with van der Waals surface area (Å²) >= 11 is 0. The molecule has 0 unspecified atom stereocenters. The number of rotatable bonds is 6. The van der Waals surface area contributed by atoms with Crippen molar-refractivity contribution in [2.45, 2.75) is 6.92 Å². The molecule has 0 saturated carbocycles. The van der Waals surface area contributed by atoms with Crippen molar-refractivity contribution in [2.24, 2.45) is 0 Å². The van der Waals surface area contributed by atoms with E-state index >= 15 is 0 Å². The van der Waals surface area contributed by atoms with Crippen molar-refractivity contribution < 1.29 is 19.0 Å². The number of aldehydes is 1. The van der Waals surface area contributed by atoms with Gasteiger partial charge in [0.15, 0.2) is 11.5 Å². The summed E-state index contributed by atoms with van der Waals surface area (Å²) in [7, 11) is 3.02. The van der Waals surface area contributed by atoms with Crippen molar-refractivity contribution in [3.05, 3.63) is 29.8 Å². The third-order valence-corrected chi connectivity index (χ3v) is 2.08. The number of hydrogen-bond donors (Lipinski definition) is 0. The first-order valence-corrected chi connectivity index (χ1v) is 5.10. The zero-order valence-electron chi connectivity index (χ0n) is 10.3. The molecule has 0 heterocycles. The molecule has 0 aliphatic rings. The first-order valence-electron chi connectivity index (χ1n) is 5.10. The van der Waals surface area contributed by atoms with Gasteiger partial charge in [0, 0.05) is 5.56 Å². The predicted octanol–water partition coefficient (Wildman–Crippen LogP) is 2.47. The van der Waals surface area contributed by atoms with Gasteiger partial charge in [-0.3, -0.25) is 4.79 Å². The largest absolute Gasteiger partial charge is 0.493 e. The molecule has 1 rings (SSSR count). The second-order valence-electron chi connectivity index (χ2n) is 3.62. The quantitative estimate of drug-likeness (QED) is 0.562. The fraction of sp³-hybridized carbons (Fsp3) is 0.308. The molecule has 0 fully saturated rings. The van der Waals surface area contributed by atoms with Gasteiger partial charge in [-0.1, -0.05) is 6.58 Å². The summed E-state index contributed by atoms with van der Waals surface area (Å²) in [6, 6.07) is 3.20. The Morgan fingerprint density at radius 3 is 2.18 bits per heavy atom. The highest BCUT2D eigenvalue weighted by molar-refractivity contribution is 5.78. The standard InChI is InChI=1S/C13H16O4/c1-9(2)8-17-13-11(15-3)5-10(7-14)6-12(13)16-4/h5-7H,1,8H2,2-4H3. The lowest BCUT2D eigenvalue weighted by Gasteiger charge is -2.14. The van der Waals surface area contributed by atoms with Gasteiger partial charge in [0.2, 0.25) is 5.75 Å². The van der Waals surface area contributed by atoms with Crippen LogP contribution in [0, 0.1) is 0 Å². The minimum absolute atomic E-state index is 0.368. The molecular formula is C13H16O4. The van der Waals surface area contributed by atoms with Crippen LogP contribution in [0.15, 0.2) is 24.3 Å². The number of benzene rings is 1. The van der Waals surface area contributed by atoms with Crippen LogP contribution in [-0.4, -0.2) is 27.1 Å². The second-order valence-corrected chi connectivity index (χ2v) is 3.62. The first-order chi connectivity index (χ1) is 8.12. The van der Waals surface area contributed by atoms with Crippen LogP contribution in [0.1, 0.15) is 17.3 Å². The molecule has 0 aliphatic carbocycles. The molecule has 0 aliphatic heterocycles. The summed E-state index contributed by atoms with van der Waals surface area (Å²) in [5, 5.41) is 0. The lowest BCUT2D eigenvalue weighted by molar-refractivity contribution is 0.112. The van der Waals surface area contributed by atoms with Crippen LogP contribution in [0.4, 0.5) is 0 Å². The Labute approximate surface area is 101 Å². The summed E-state index contributed by atoms with van der Waals surface area (Å²) in [6.07, 6.45) is 0.730. The van der Waals surface area contributed by atoms with Gasteiger partial charge < -0.3 is 14.2 Å². The maximum absolute atomic E-state index is 10.8. The molecule has 17 heavy (non-hydrogen) atoms. The second kappa shape index (κ2) is 5.94. The zero-order valence-corrected chi connectivity index (χ0v) is 10.3. The van der Waals surface area contributed by atoms with Crippen LogP contribution >= 0.6 is 0 Å². The number of methoxy groups -OCH3 is 2. The highest BCUT2D eigenvalue weighted by Gasteiger charge is 2.13. The van der Waals surface area contributed by atoms with Crippen molar-refractivity contribution in [2.75, 3.05) is 20.8 Å². The Bertz CT molecular complexity index is 398. The minimum Gasteiger partial charge on any atom is -0.493 e. The molecule has 0 spiro atoms. The average Bonchev–Trinajstić information content (AvgIpc) is 2.34. The van der Waals surface area contributed by atoms with Gasteiger partial charge >= 0.3 is 0 Å². The predicted molar refractivity (Wildman–Crippen MR) is 65.2 cm³/mol. The van der Waals surface area contributed by atoms with Crippen LogP contribution in [0.2, 0.25) is 0 Å². The van der Waals surface area contributed by atoms with E-state index in [1.54, 1.807) is 12.1 Å². The lowest BCUT2D eigenvalue weighted by atomic mass is 10.2. The topological polar surface area (TPSA) is 44.8 Å². The molecule has 0 radical (unpaired) electrons. The minimum atomic E-state index is 0.368. The first kappa shape index (κ1) is 13.1. The SMILES string of the molecule is C=C(C)COc1c(OC)cc(C=O)cc1OC. The zero-order chi connectivity index (χ0) is 12.8. The van der Waals surface area contributed by atoms with Crippen molar-refractivity contribution in [1.82, 2.24) is 0 Å². The molecule has 0 N–H and O–H groups in total. The van der Waals surface area contributed by atoms with E-state index < -0.39 is 0 Å². The van der Waals surface area contributed by atoms with Crippen molar-refractivity contribution in [3.63, 3.8) is 0 Å². The maximum Gasteiger partial charge on any atom is 0.203 e. The van der Waals surface area contributed by atoms with Gasteiger partial charge in [-0.25, -0.2) is 0 Å². The van der Waals surface area contributed by atoms with Gasteiger partial charge in [-0.15, -0.1) is 0 Å². The Kier molecular flexibility index (Phi) is 4.57. The van der Waals surface area contributed by atoms with Crippen LogP contribution in [0.25, 0.3) is 0 Å². The third kappa shape index (κ3) is 3.24. The molecule has 1 aromatic carbocycles. The monoisotopic (exact) mass is 236 g/mol. The Morgan fingerprint density at radius 2 is 1.82 bits per heavy atom. The van der Waals surface area contributed by atoms with E-state index in [-0.39, 0.29) is 0 Å². The molecule has 1 aromatic rings. The van der Waals surface area contributed by atoms with E-state index in [9.17, 15) is 4.79 Å². The molecule has 4 nitrogen and oxygen atoms in total. The number of hydrogen-bond acceptors (Lipinski definition) is 4. The van der Waals surface area contributed by atoms with E-state index in [2.05, 4.69) is 6.58 Å². The van der Waals surface area contributed by atoms with Gasteiger partial charge in [0.1, 0.15) is 12.9 Å². The van der Waals surface area contributed by atoms with Gasteiger partial charge in [0.05, 0.1) is 14.2 Å². The lowest BCUT2D eigenvalue weighted by Crippen LogP contribution is -2.02. The van der Waals surface area contributed by atoms with E-state index in [0.29, 0.717) is 29.4 Å². The smallest absolute Gasteiger partial charge is 0.203 e. The van der Waals surface area contributed by atoms with Gasteiger partial charge in [0.25, 0.3) is 0 Å². The Morgan fingerprint density at radius 1 is 1.29 bits per heavy atom. The highest BCUT2D eigenvalue weighted by atomic mass is 16.5. The molecule has 0 atom stereocenters. The molecule has 4 heteroatoms. The summed E-state index contributed by atoms with van der Waals surface area (Å²) in [5.74, 6) is 1.41. The van der Waals surface area contributed by atoms with E-state index in [1.807, 2.05) is 6.92 Å². The van der Waals surface area contributed by atoms with Crippen LogP contribution in [0.3, 0.4) is 0 Å². The van der Waals surface area contributed by atoms with Gasteiger partial charge in [-0.2, -0.15) is 0 Å². The maximum atomic E-state index is 10.8. The summed E-state index contributed by atoms with van der Waals surface area (Å²) < 4.78 is 15.9. The van der Waals surface area contributed by atoms with Crippen molar-refractivity contribution in [1.29, 1.82) is 0 Å². The highest BCUT2D eigenvalue weighted by Crippen LogP contribution is 2.38. The summed E-state index contributed by atoms with van der Waals surface area (Å²) in [6.45, 7) is 5.98. The number of carbonyl (C=O) groups is 1. The van der Waals surface area contributed by atoms with Crippen molar-refractivity contribution >= 4 is 6.29 Å². The fourth-order valence-electron chi connectivity index (χ4n) is 1.31. The average molecular weight is 236 g/mol. The molecular weight excluding hydrogens is 220 g/mol.